The van der Waals surface area contributed by atoms with Gasteiger partial charge in [-0.05, 0) is 17.7 Å². The van der Waals surface area contributed by atoms with E-state index >= 15 is 0 Å². The Bertz CT molecular complexity index is 761. The third kappa shape index (κ3) is 4.02. The Morgan fingerprint density at radius 2 is 2.05 bits per heavy atom. The summed E-state index contributed by atoms with van der Waals surface area (Å²) in [4.78, 5) is 4.47. The number of benzene rings is 1. The second-order valence-corrected chi connectivity index (χ2v) is 7.04. The van der Waals surface area contributed by atoms with Gasteiger partial charge in [0.2, 0.25) is 0 Å². The van der Waals surface area contributed by atoms with E-state index in [4.69, 9.17) is 4.42 Å². The van der Waals surface area contributed by atoms with Gasteiger partial charge in [0.25, 0.3) is 0 Å². The molecule has 3 rings (SSSR count). The lowest BCUT2D eigenvalue weighted by Gasteiger charge is -1.96. The molecule has 3 aromatic rings. The van der Waals surface area contributed by atoms with E-state index in [1.54, 1.807) is 6.26 Å². The highest BCUT2D eigenvalue weighted by molar-refractivity contribution is 7.84. The summed E-state index contributed by atoms with van der Waals surface area (Å²) in [5.74, 6) is 1.75. The third-order valence-corrected chi connectivity index (χ3v) is 5.07. The summed E-state index contributed by atoms with van der Waals surface area (Å²) in [6.07, 6.45) is 5.57. The van der Waals surface area contributed by atoms with Crippen molar-refractivity contribution >= 4 is 28.2 Å². The van der Waals surface area contributed by atoms with Gasteiger partial charge < -0.3 is 4.42 Å². The van der Waals surface area contributed by atoms with E-state index in [9.17, 15) is 4.21 Å². The summed E-state index contributed by atoms with van der Waals surface area (Å²) in [5.41, 5.74) is 1.97. The predicted molar refractivity (Wildman–Crippen MR) is 92.0 cm³/mol. The molecule has 0 saturated carbocycles. The predicted octanol–water partition coefficient (Wildman–Crippen LogP) is 4.37. The zero-order chi connectivity index (χ0) is 15.2. The molecule has 0 saturated heterocycles. The van der Waals surface area contributed by atoms with E-state index < -0.39 is 10.8 Å². The average Bonchev–Trinajstić information content (AvgIpc) is 3.19. The van der Waals surface area contributed by atoms with E-state index in [-0.39, 0.29) is 0 Å². The monoisotopic (exact) mass is 329 g/mol. The zero-order valence-electron chi connectivity index (χ0n) is 11.8. The highest BCUT2D eigenvalue weighted by Gasteiger charge is 2.09. The van der Waals surface area contributed by atoms with Gasteiger partial charge in [-0.1, -0.05) is 42.5 Å². The Balaban J connectivity index is 1.55. The number of hydrogen-bond donors (Lipinski definition) is 0. The lowest BCUT2D eigenvalue weighted by Crippen LogP contribution is -1.99. The molecule has 0 fully saturated rings. The highest BCUT2D eigenvalue weighted by atomic mass is 32.2. The van der Waals surface area contributed by atoms with Gasteiger partial charge in [0.15, 0.2) is 10.8 Å². The summed E-state index contributed by atoms with van der Waals surface area (Å²) < 4.78 is 17.4. The smallest absolute Gasteiger partial charge is 0.162 e. The molecule has 112 valence electrons. The van der Waals surface area contributed by atoms with Crippen molar-refractivity contribution in [2.75, 3.05) is 5.75 Å². The molecular weight excluding hydrogens is 314 g/mol. The first-order valence-electron chi connectivity index (χ1n) is 6.86. The lowest BCUT2D eigenvalue weighted by molar-refractivity contribution is 0.581. The zero-order valence-corrected chi connectivity index (χ0v) is 13.5. The van der Waals surface area contributed by atoms with E-state index in [2.05, 4.69) is 4.98 Å². The maximum Gasteiger partial charge on any atom is 0.162 e. The van der Waals surface area contributed by atoms with Crippen molar-refractivity contribution in [3.8, 4) is 10.8 Å². The van der Waals surface area contributed by atoms with Gasteiger partial charge >= 0.3 is 0 Å². The van der Waals surface area contributed by atoms with Crippen LogP contribution in [0.15, 0.2) is 64.6 Å². The molecule has 1 atom stereocenters. The van der Waals surface area contributed by atoms with Gasteiger partial charge in [-0.2, -0.15) is 0 Å². The van der Waals surface area contributed by atoms with Crippen molar-refractivity contribution in [2.45, 2.75) is 5.75 Å². The second kappa shape index (κ2) is 7.33. The van der Waals surface area contributed by atoms with E-state index in [1.165, 1.54) is 11.3 Å². The minimum atomic E-state index is -0.951. The summed E-state index contributed by atoms with van der Waals surface area (Å²) >= 11 is 1.51. The fraction of sp³-hybridized carbons (Fsp3) is 0.118. The normalized spacial score (nSPS) is 12.7. The Hall–Kier alpha value is -1.98. The molecule has 0 N–H and O–H groups in total. The Morgan fingerprint density at radius 1 is 1.18 bits per heavy atom. The Labute approximate surface area is 135 Å². The molecular formula is C17H15NO2S2. The van der Waals surface area contributed by atoms with Crippen LogP contribution >= 0.6 is 11.3 Å². The molecule has 0 aliphatic rings. The van der Waals surface area contributed by atoms with Crippen LogP contribution in [-0.2, 0) is 16.6 Å². The molecule has 1 unspecified atom stereocenters. The maximum absolute atomic E-state index is 12.1. The molecule has 0 radical (unpaired) electrons. The quantitative estimate of drug-likeness (QED) is 0.674. The van der Waals surface area contributed by atoms with Crippen LogP contribution in [0.1, 0.15) is 11.3 Å². The first-order valence-corrected chi connectivity index (χ1v) is 9.23. The van der Waals surface area contributed by atoms with Crippen molar-refractivity contribution in [2.24, 2.45) is 0 Å². The molecule has 0 amide bonds. The SMILES string of the molecule is O=S(C/C=C/c1ccccc1)Cc1csc(-c2ccco2)n1. The molecule has 22 heavy (non-hydrogen) atoms. The summed E-state index contributed by atoms with van der Waals surface area (Å²) in [7, 11) is -0.951. The number of aromatic nitrogens is 1. The van der Waals surface area contributed by atoms with Crippen LogP contribution in [0.25, 0.3) is 16.8 Å². The standard InChI is InChI=1S/C17H15NO2S2/c19-22(11-5-8-14-6-2-1-3-7-14)13-15-12-21-17(18-15)16-9-4-10-20-16/h1-10,12H,11,13H2/b8-5+. The molecule has 2 heterocycles. The van der Waals surface area contributed by atoms with Gasteiger partial charge in [0.1, 0.15) is 0 Å². The van der Waals surface area contributed by atoms with Crippen LogP contribution in [0.5, 0.6) is 0 Å². The number of thiazole rings is 1. The molecule has 0 aliphatic carbocycles. The second-order valence-electron chi connectivity index (χ2n) is 4.69. The number of nitrogens with zero attached hydrogens (tertiary/aromatic N) is 1. The van der Waals surface area contributed by atoms with Crippen molar-refractivity contribution in [3.63, 3.8) is 0 Å². The molecule has 5 heteroatoms. The van der Waals surface area contributed by atoms with E-state index in [0.29, 0.717) is 11.5 Å². The van der Waals surface area contributed by atoms with Crippen LogP contribution in [-0.4, -0.2) is 14.9 Å². The summed E-state index contributed by atoms with van der Waals surface area (Å²) in [6, 6.07) is 13.7. The van der Waals surface area contributed by atoms with Crippen molar-refractivity contribution < 1.29 is 8.63 Å². The number of furan rings is 1. The van der Waals surface area contributed by atoms with Crippen LogP contribution < -0.4 is 0 Å². The average molecular weight is 329 g/mol. The van der Waals surface area contributed by atoms with Crippen LogP contribution in [0.4, 0.5) is 0 Å². The van der Waals surface area contributed by atoms with Crippen LogP contribution in [0.3, 0.4) is 0 Å². The fourth-order valence-corrected chi connectivity index (χ4v) is 3.76. The van der Waals surface area contributed by atoms with Gasteiger partial charge in [-0.3, -0.25) is 4.21 Å². The maximum atomic E-state index is 12.1. The van der Waals surface area contributed by atoms with Gasteiger partial charge in [-0.25, -0.2) is 4.98 Å². The highest BCUT2D eigenvalue weighted by Crippen LogP contribution is 2.24. The minimum Gasteiger partial charge on any atom is -0.462 e. The van der Waals surface area contributed by atoms with E-state index in [1.807, 2.05) is 60.0 Å². The topological polar surface area (TPSA) is 43.1 Å². The Kier molecular flexibility index (Phi) is 4.98. The van der Waals surface area contributed by atoms with Gasteiger partial charge in [0.05, 0.1) is 17.7 Å². The first kappa shape index (κ1) is 14.9. The van der Waals surface area contributed by atoms with Gasteiger partial charge in [-0.15, -0.1) is 11.3 Å². The fourth-order valence-electron chi connectivity index (χ4n) is 1.97. The molecule has 1 aromatic carbocycles. The third-order valence-electron chi connectivity index (χ3n) is 2.98. The van der Waals surface area contributed by atoms with Crippen molar-refractivity contribution in [3.05, 3.63) is 71.4 Å². The van der Waals surface area contributed by atoms with E-state index in [0.717, 1.165) is 22.0 Å². The molecule has 3 nitrogen and oxygen atoms in total. The lowest BCUT2D eigenvalue weighted by atomic mass is 10.2. The summed E-state index contributed by atoms with van der Waals surface area (Å²) in [5, 5.41) is 2.77. The molecule has 0 bridgehead atoms. The first-order chi connectivity index (χ1) is 10.8. The largest absolute Gasteiger partial charge is 0.462 e. The van der Waals surface area contributed by atoms with Crippen LogP contribution in [0, 0.1) is 0 Å². The van der Waals surface area contributed by atoms with Gasteiger partial charge in [0, 0.05) is 21.9 Å². The molecule has 2 aromatic heterocycles. The summed E-state index contributed by atoms with van der Waals surface area (Å²) in [6.45, 7) is 0. The van der Waals surface area contributed by atoms with Crippen molar-refractivity contribution in [1.29, 1.82) is 0 Å². The minimum absolute atomic E-state index is 0.469. The number of hydrogen-bond acceptors (Lipinski definition) is 4. The Morgan fingerprint density at radius 3 is 2.82 bits per heavy atom. The molecule has 0 aliphatic heterocycles. The molecule has 0 spiro atoms. The number of rotatable bonds is 6. The van der Waals surface area contributed by atoms with Crippen LogP contribution in [0.2, 0.25) is 0 Å². The van der Waals surface area contributed by atoms with Crippen molar-refractivity contribution in [1.82, 2.24) is 4.98 Å².